The van der Waals surface area contributed by atoms with Crippen LogP contribution >= 0.6 is 0 Å². The highest BCUT2D eigenvalue weighted by Crippen LogP contribution is 2.35. The Hall–Kier alpha value is -3.01. The van der Waals surface area contributed by atoms with Gasteiger partial charge in [-0.1, -0.05) is 6.07 Å². The Bertz CT molecular complexity index is 1110. The number of carbonyl (C=O) groups excluding carboxylic acids is 2. The van der Waals surface area contributed by atoms with Gasteiger partial charge in [-0.15, -0.1) is 0 Å². The molecule has 1 fully saturated rings. The van der Waals surface area contributed by atoms with Crippen LogP contribution in [0, 0.1) is 12.7 Å². The van der Waals surface area contributed by atoms with Crippen LogP contribution in [0.25, 0.3) is 0 Å². The van der Waals surface area contributed by atoms with Gasteiger partial charge in [0.1, 0.15) is 11.6 Å². The van der Waals surface area contributed by atoms with E-state index < -0.39 is 23.9 Å². The molecule has 0 bridgehead atoms. The summed E-state index contributed by atoms with van der Waals surface area (Å²) in [5.41, 5.74) is 3.91. The van der Waals surface area contributed by atoms with Crippen molar-refractivity contribution in [3.63, 3.8) is 0 Å². The van der Waals surface area contributed by atoms with Gasteiger partial charge in [-0.05, 0) is 54.7 Å². The van der Waals surface area contributed by atoms with Gasteiger partial charge in [-0.2, -0.15) is 0 Å². The average molecular weight is 487 g/mol. The molecule has 188 valence electrons. The van der Waals surface area contributed by atoms with E-state index in [1.54, 1.807) is 12.1 Å². The van der Waals surface area contributed by atoms with Crippen molar-refractivity contribution in [1.82, 2.24) is 10.6 Å². The van der Waals surface area contributed by atoms with E-state index in [1.807, 2.05) is 6.92 Å². The van der Waals surface area contributed by atoms with Crippen LogP contribution in [0.4, 0.5) is 4.39 Å². The van der Waals surface area contributed by atoms with Crippen LogP contribution in [-0.4, -0.2) is 69.1 Å². The number of nitrogens with one attached hydrogen (secondary N) is 2. The van der Waals surface area contributed by atoms with Crippen molar-refractivity contribution in [2.24, 2.45) is 0 Å². The van der Waals surface area contributed by atoms with Crippen LogP contribution < -0.4 is 15.4 Å². The molecule has 0 radical (unpaired) electrons. The minimum absolute atomic E-state index is 0.0287. The van der Waals surface area contributed by atoms with E-state index in [0.29, 0.717) is 62.5 Å². The lowest BCUT2D eigenvalue weighted by atomic mass is 9.91. The fourth-order valence-corrected chi connectivity index (χ4v) is 4.52. The van der Waals surface area contributed by atoms with Gasteiger partial charge >= 0.3 is 0 Å². The zero-order chi connectivity index (χ0) is 24.9. The number of aliphatic hydroxyl groups is 1. The SMILES string of the molecule is COCCNC(=O)c1ccc(Cc2cc(C(=O)N[C@H]3CCOC[C@@H]3O)c3c(c2C)CCO3)cc1F. The first-order chi connectivity index (χ1) is 16.9. The standard InChI is InChI=1S/C26H31FN2O6/c1-15-17(11-16-3-4-19(21(27)12-16)25(31)28-7-10-33-2)13-20(24-18(15)5-9-35-24)26(32)29-22-6-8-34-14-23(22)30/h3-4,12-13,22-23,30H,5-11,14H2,1-2H3,(H,28,31)(H,29,32)/t22-,23-/m0/s1. The number of ether oxygens (including phenoxy) is 3. The summed E-state index contributed by atoms with van der Waals surface area (Å²) < 4.78 is 30.7. The monoisotopic (exact) mass is 486 g/mol. The first-order valence-electron chi connectivity index (χ1n) is 11.8. The van der Waals surface area contributed by atoms with E-state index in [9.17, 15) is 19.1 Å². The Morgan fingerprint density at radius 3 is 2.77 bits per heavy atom. The maximum absolute atomic E-state index is 14.7. The summed E-state index contributed by atoms with van der Waals surface area (Å²) in [5, 5.41) is 15.7. The molecule has 0 aliphatic carbocycles. The highest BCUT2D eigenvalue weighted by molar-refractivity contribution is 5.98. The summed E-state index contributed by atoms with van der Waals surface area (Å²) in [5.74, 6) is -0.846. The number of amides is 2. The molecule has 0 unspecified atom stereocenters. The second kappa shape index (κ2) is 11.2. The summed E-state index contributed by atoms with van der Waals surface area (Å²) in [6.07, 6.45) is 0.838. The lowest BCUT2D eigenvalue weighted by Crippen LogP contribution is -2.48. The molecule has 2 aromatic carbocycles. The van der Waals surface area contributed by atoms with Crippen LogP contribution in [-0.2, 0) is 22.3 Å². The Morgan fingerprint density at radius 1 is 1.20 bits per heavy atom. The number of benzene rings is 2. The number of halogens is 1. The molecule has 8 nitrogen and oxygen atoms in total. The molecule has 2 atom stereocenters. The Morgan fingerprint density at radius 2 is 2.03 bits per heavy atom. The summed E-state index contributed by atoms with van der Waals surface area (Å²) in [6, 6.07) is 5.93. The predicted molar refractivity (Wildman–Crippen MR) is 126 cm³/mol. The van der Waals surface area contributed by atoms with Crippen molar-refractivity contribution in [3.05, 3.63) is 63.5 Å². The van der Waals surface area contributed by atoms with Crippen LogP contribution in [0.1, 0.15) is 49.4 Å². The van der Waals surface area contributed by atoms with Gasteiger partial charge in [-0.25, -0.2) is 4.39 Å². The van der Waals surface area contributed by atoms with Crippen molar-refractivity contribution >= 4 is 11.8 Å². The molecule has 2 amide bonds. The van der Waals surface area contributed by atoms with E-state index in [2.05, 4.69) is 10.6 Å². The first kappa shape index (κ1) is 25.1. The molecule has 2 aliphatic heterocycles. The van der Waals surface area contributed by atoms with Crippen molar-refractivity contribution in [2.75, 3.05) is 40.1 Å². The molecule has 0 saturated carbocycles. The number of rotatable bonds is 8. The number of methoxy groups -OCH3 is 1. The highest BCUT2D eigenvalue weighted by Gasteiger charge is 2.29. The quantitative estimate of drug-likeness (QED) is 0.493. The Labute approximate surface area is 203 Å². The molecule has 0 aromatic heterocycles. The minimum atomic E-state index is -0.764. The van der Waals surface area contributed by atoms with E-state index in [-0.39, 0.29) is 18.1 Å². The maximum Gasteiger partial charge on any atom is 0.255 e. The van der Waals surface area contributed by atoms with Gasteiger partial charge in [0.2, 0.25) is 0 Å². The Balaban J connectivity index is 1.56. The average Bonchev–Trinajstić information content (AvgIpc) is 3.33. The van der Waals surface area contributed by atoms with Crippen LogP contribution in [0.15, 0.2) is 24.3 Å². The molecule has 1 saturated heterocycles. The number of hydrogen-bond acceptors (Lipinski definition) is 6. The zero-order valence-electron chi connectivity index (χ0n) is 20.0. The van der Waals surface area contributed by atoms with Crippen molar-refractivity contribution < 1.29 is 33.3 Å². The maximum atomic E-state index is 14.7. The second-order valence-electron chi connectivity index (χ2n) is 8.86. The second-order valence-corrected chi connectivity index (χ2v) is 8.86. The lowest BCUT2D eigenvalue weighted by molar-refractivity contribution is -0.0261. The Kier molecular flexibility index (Phi) is 8.00. The number of fused-ring (bicyclic) bond motifs is 1. The zero-order valence-corrected chi connectivity index (χ0v) is 20.0. The van der Waals surface area contributed by atoms with Gasteiger partial charge in [0.05, 0.1) is 43.1 Å². The molecule has 2 heterocycles. The summed E-state index contributed by atoms with van der Waals surface area (Å²) in [7, 11) is 1.53. The summed E-state index contributed by atoms with van der Waals surface area (Å²) >= 11 is 0. The largest absolute Gasteiger partial charge is 0.492 e. The summed E-state index contributed by atoms with van der Waals surface area (Å²) in [6.45, 7) is 3.76. The number of hydrogen-bond donors (Lipinski definition) is 3. The first-order valence-corrected chi connectivity index (χ1v) is 11.8. The van der Waals surface area contributed by atoms with Gasteiger partial charge in [0, 0.05) is 32.2 Å². The van der Waals surface area contributed by atoms with Crippen molar-refractivity contribution in [3.8, 4) is 5.75 Å². The predicted octanol–water partition coefficient (Wildman–Crippen LogP) is 1.92. The molecular weight excluding hydrogens is 455 g/mol. The van der Waals surface area contributed by atoms with E-state index >= 15 is 0 Å². The van der Waals surface area contributed by atoms with Gasteiger partial charge in [0.15, 0.2) is 0 Å². The van der Waals surface area contributed by atoms with Crippen LogP contribution in [0.3, 0.4) is 0 Å². The molecule has 9 heteroatoms. The van der Waals surface area contributed by atoms with Crippen LogP contribution in [0.2, 0.25) is 0 Å². The molecular formula is C26H31FN2O6. The lowest BCUT2D eigenvalue weighted by Gasteiger charge is -2.28. The third kappa shape index (κ3) is 5.63. The normalized spacial score (nSPS) is 19.1. The van der Waals surface area contributed by atoms with E-state index in [1.165, 1.54) is 19.2 Å². The molecule has 3 N–H and O–H groups in total. The fraction of sp³-hybridized carbons (Fsp3) is 0.462. The molecule has 2 aliphatic rings. The third-order valence-corrected chi connectivity index (χ3v) is 6.52. The van der Waals surface area contributed by atoms with Crippen molar-refractivity contribution in [2.45, 2.75) is 38.3 Å². The van der Waals surface area contributed by atoms with Crippen molar-refractivity contribution in [1.29, 1.82) is 0 Å². The van der Waals surface area contributed by atoms with E-state index in [0.717, 1.165) is 16.7 Å². The molecule has 0 spiro atoms. The van der Waals surface area contributed by atoms with Gasteiger partial charge < -0.3 is 30.0 Å². The van der Waals surface area contributed by atoms with Gasteiger partial charge in [-0.3, -0.25) is 9.59 Å². The molecule has 2 aromatic rings. The van der Waals surface area contributed by atoms with Gasteiger partial charge in [0.25, 0.3) is 11.8 Å². The molecule has 35 heavy (non-hydrogen) atoms. The highest BCUT2D eigenvalue weighted by atomic mass is 19.1. The minimum Gasteiger partial charge on any atom is -0.492 e. The summed E-state index contributed by atoms with van der Waals surface area (Å²) in [4.78, 5) is 25.4. The third-order valence-electron chi connectivity index (χ3n) is 6.52. The number of aliphatic hydroxyl groups excluding tert-OH is 1. The smallest absolute Gasteiger partial charge is 0.255 e. The molecule has 4 rings (SSSR count). The van der Waals surface area contributed by atoms with Crippen LogP contribution in [0.5, 0.6) is 5.75 Å². The number of carbonyl (C=O) groups is 2. The fourth-order valence-electron chi connectivity index (χ4n) is 4.52. The van der Waals surface area contributed by atoms with E-state index in [4.69, 9.17) is 14.2 Å². The topological polar surface area (TPSA) is 106 Å².